The average Bonchev–Trinajstić information content (AvgIpc) is 2.99. The van der Waals surface area contributed by atoms with E-state index in [2.05, 4.69) is 10.1 Å². The Hall–Kier alpha value is -2.08. The number of ether oxygens (including phenoxy) is 1. The van der Waals surface area contributed by atoms with Crippen molar-refractivity contribution in [3.63, 3.8) is 0 Å². The van der Waals surface area contributed by atoms with Gasteiger partial charge in [0.05, 0.1) is 24.6 Å². The maximum Gasteiger partial charge on any atom is 0.350 e. The van der Waals surface area contributed by atoms with Gasteiger partial charge in [0, 0.05) is 0 Å². The fourth-order valence-corrected chi connectivity index (χ4v) is 2.34. The van der Waals surface area contributed by atoms with Gasteiger partial charge in [0.1, 0.15) is 11.1 Å². The van der Waals surface area contributed by atoms with Gasteiger partial charge in [0.15, 0.2) is 0 Å². The second-order valence-corrected chi connectivity index (χ2v) is 4.46. The molecule has 0 bridgehead atoms. The van der Waals surface area contributed by atoms with E-state index in [1.54, 1.807) is 11.4 Å². The van der Waals surface area contributed by atoms with Crippen molar-refractivity contribution in [1.29, 1.82) is 0 Å². The molecule has 0 saturated carbocycles. The van der Waals surface area contributed by atoms with Crippen LogP contribution in [0.3, 0.4) is 0 Å². The first-order chi connectivity index (χ1) is 8.63. The number of hydrogen-bond acceptors (Lipinski definition) is 5. The Morgan fingerprint density at radius 2 is 2.22 bits per heavy atom. The molecule has 0 aliphatic rings. The maximum atomic E-state index is 11.9. The highest BCUT2D eigenvalue weighted by Crippen LogP contribution is 2.28. The molecule has 18 heavy (non-hydrogen) atoms. The number of thiophene rings is 1. The van der Waals surface area contributed by atoms with Gasteiger partial charge in [0.2, 0.25) is 0 Å². The predicted molar refractivity (Wildman–Crippen MR) is 67.1 cm³/mol. The molecule has 0 aliphatic carbocycles. The van der Waals surface area contributed by atoms with E-state index < -0.39 is 5.97 Å². The van der Waals surface area contributed by atoms with Gasteiger partial charge >= 0.3 is 5.97 Å². The molecule has 2 aromatic rings. The summed E-state index contributed by atoms with van der Waals surface area (Å²) in [5.41, 5.74) is 1.70. The van der Waals surface area contributed by atoms with Crippen molar-refractivity contribution in [1.82, 2.24) is 0 Å². The highest BCUT2D eigenvalue weighted by molar-refractivity contribution is 7.12. The molecule has 1 N–H and O–H groups in total. The van der Waals surface area contributed by atoms with Crippen LogP contribution in [0, 0.1) is 6.92 Å². The van der Waals surface area contributed by atoms with E-state index in [0.29, 0.717) is 16.1 Å². The summed E-state index contributed by atoms with van der Waals surface area (Å²) in [6.07, 6.45) is 2.76. The standard InChI is InChI=1S/C12H11NO4S/c1-7-6-18-10(12(15)16-2)9(7)13-11(14)8-3-4-17-5-8/h3-6H,1-2H3,(H,13,14). The average molecular weight is 265 g/mol. The smallest absolute Gasteiger partial charge is 0.350 e. The number of carbonyl (C=O) groups is 2. The Labute approximate surface area is 107 Å². The number of methoxy groups -OCH3 is 1. The van der Waals surface area contributed by atoms with Crippen LogP contribution in [0.5, 0.6) is 0 Å². The van der Waals surface area contributed by atoms with E-state index in [1.165, 1.54) is 31.0 Å². The second kappa shape index (κ2) is 5.05. The quantitative estimate of drug-likeness (QED) is 0.866. The Kier molecular flexibility index (Phi) is 3.47. The molecule has 5 nitrogen and oxygen atoms in total. The van der Waals surface area contributed by atoms with Crippen LogP contribution in [0.15, 0.2) is 28.4 Å². The summed E-state index contributed by atoms with van der Waals surface area (Å²) in [4.78, 5) is 23.8. The zero-order valence-electron chi connectivity index (χ0n) is 9.85. The summed E-state index contributed by atoms with van der Waals surface area (Å²) in [6.45, 7) is 1.81. The molecule has 0 radical (unpaired) electrons. The van der Waals surface area contributed by atoms with Crippen LogP contribution in [0.1, 0.15) is 25.6 Å². The van der Waals surface area contributed by atoms with Gasteiger partial charge in [-0.1, -0.05) is 0 Å². The summed E-state index contributed by atoms with van der Waals surface area (Å²) in [6, 6.07) is 1.55. The van der Waals surface area contributed by atoms with E-state index in [0.717, 1.165) is 5.56 Å². The Morgan fingerprint density at radius 1 is 1.44 bits per heavy atom. The summed E-state index contributed by atoms with van der Waals surface area (Å²) in [5.74, 6) is -0.786. The number of hydrogen-bond donors (Lipinski definition) is 1. The first-order valence-electron chi connectivity index (χ1n) is 5.13. The molecule has 0 aliphatic heterocycles. The number of anilines is 1. The van der Waals surface area contributed by atoms with Crippen LogP contribution in [-0.2, 0) is 4.74 Å². The molecule has 2 rings (SSSR count). The second-order valence-electron chi connectivity index (χ2n) is 3.58. The van der Waals surface area contributed by atoms with Crippen molar-refractivity contribution in [3.05, 3.63) is 40.0 Å². The summed E-state index contributed by atoms with van der Waals surface area (Å²) < 4.78 is 9.50. The van der Waals surface area contributed by atoms with Crippen molar-refractivity contribution in [2.24, 2.45) is 0 Å². The topological polar surface area (TPSA) is 68.5 Å². The molecule has 0 aromatic carbocycles. The van der Waals surface area contributed by atoms with E-state index in [1.807, 2.05) is 6.92 Å². The van der Waals surface area contributed by atoms with Gasteiger partial charge in [-0.25, -0.2) is 4.79 Å². The Morgan fingerprint density at radius 3 is 2.83 bits per heavy atom. The molecule has 0 spiro atoms. The van der Waals surface area contributed by atoms with Gasteiger partial charge < -0.3 is 14.5 Å². The number of amides is 1. The van der Waals surface area contributed by atoms with Crippen molar-refractivity contribution >= 4 is 28.9 Å². The van der Waals surface area contributed by atoms with Crippen LogP contribution in [0.25, 0.3) is 0 Å². The summed E-state index contributed by atoms with van der Waals surface area (Å²) in [7, 11) is 1.30. The fourth-order valence-electron chi connectivity index (χ4n) is 1.42. The first kappa shape index (κ1) is 12.4. The van der Waals surface area contributed by atoms with E-state index in [9.17, 15) is 9.59 Å². The van der Waals surface area contributed by atoms with E-state index in [-0.39, 0.29) is 5.91 Å². The maximum absolute atomic E-state index is 11.9. The van der Waals surface area contributed by atoms with Crippen molar-refractivity contribution in [3.8, 4) is 0 Å². The number of esters is 1. The van der Waals surface area contributed by atoms with Crippen LogP contribution >= 0.6 is 11.3 Å². The lowest BCUT2D eigenvalue weighted by atomic mass is 10.2. The van der Waals surface area contributed by atoms with Gasteiger partial charge in [0.25, 0.3) is 5.91 Å². The highest BCUT2D eigenvalue weighted by Gasteiger charge is 2.19. The van der Waals surface area contributed by atoms with Crippen molar-refractivity contribution < 1.29 is 18.7 Å². The zero-order chi connectivity index (χ0) is 13.1. The third-order valence-electron chi connectivity index (χ3n) is 2.37. The molecule has 0 fully saturated rings. The summed E-state index contributed by atoms with van der Waals surface area (Å²) in [5, 5.41) is 4.48. The normalized spacial score (nSPS) is 10.1. The van der Waals surface area contributed by atoms with Gasteiger partial charge in [-0.15, -0.1) is 11.3 Å². The number of furan rings is 1. The number of nitrogens with one attached hydrogen (secondary N) is 1. The third-order valence-corrected chi connectivity index (χ3v) is 3.45. The van der Waals surface area contributed by atoms with Crippen molar-refractivity contribution in [2.75, 3.05) is 12.4 Å². The Balaban J connectivity index is 2.26. The minimum Gasteiger partial charge on any atom is -0.472 e. The van der Waals surface area contributed by atoms with Crippen molar-refractivity contribution in [2.45, 2.75) is 6.92 Å². The molecule has 2 aromatic heterocycles. The molecule has 0 unspecified atom stereocenters. The SMILES string of the molecule is COC(=O)c1scc(C)c1NC(=O)c1ccoc1. The van der Waals surface area contributed by atoms with Crippen LogP contribution < -0.4 is 5.32 Å². The van der Waals surface area contributed by atoms with E-state index >= 15 is 0 Å². The van der Waals surface area contributed by atoms with Crippen LogP contribution in [0.2, 0.25) is 0 Å². The molecular weight excluding hydrogens is 254 g/mol. The molecule has 2 heterocycles. The van der Waals surface area contributed by atoms with Gasteiger partial charge in [-0.3, -0.25) is 4.79 Å². The zero-order valence-corrected chi connectivity index (χ0v) is 10.7. The summed E-state index contributed by atoms with van der Waals surface area (Å²) >= 11 is 1.24. The monoisotopic (exact) mass is 265 g/mol. The molecule has 94 valence electrons. The predicted octanol–water partition coefficient (Wildman–Crippen LogP) is 2.69. The molecular formula is C12H11NO4S. The third kappa shape index (κ3) is 2.28. The largest absolute Gasteiger partial charge is 0.472 e. The number of carbonyl (C=O) groups excluding carboxylic acids is 2. The minimum atomic E-state index is -0.462. The Bertz CT molecular complexity index is 571. The van der Waals surface area contributed by atoms with E-state index in [4.69, 9.17) is 4.42 Å². The number of rotatable bonds is 3. The fraction of sp³-hybridized carbons (Fsp3) is 0.167. The lowest BCUT2D eigenvalue weighted by Crippen LogP contribution is -2.14. The number of aryl methyl sites for hydroxylation is 1. The van der Waals surface area contributed by atoms with Gasteiger partial charge in [-0.05, 0) is 23.9 Å². The lowest BCUT2D eigenvalue weighted by molar-refractivity contribution is 0.0607. The van der Waals surface area contributed by atoms with Gasteiger partial charge in [-0.2, -0.15) is 0 Å². The lowest BCUT2D eigenvalue weighted by Gasteiger charge is -2.05. The van der Waals surface area contributed by atoms with Crippen LogP contribution in [-0.4, -0.2) is 19.0 Å². The van der Waals surface area contributed by atoms with Crippen LogP contribution in [0.4, 0.5) is 5.69 Å². The molecule has 6 heteroatoms. The first-order valence-corrected chi connectivity index (χ1v) is 6.01. The highest BCUT2D eigenvalue weighted by atomic mass is 32.1. The molecule has 1 amide bonds. The molecule has 0 atom stereocenters. The molecule has 0 saturated heterocycles. The minimum absolute atomic E-state index is 0.324.